The molecule has 1 unspecified atom stereocenters. The Labute approximate surface area is 59.4 Å². The van der Waals surface area contributed by atoms with Gasteiger partial charge in [-0.3, -0.25) is 0 Å². The minimum Gasteiger partial charge on any atom is -0.171 e. The maximum absolute atomic E-state index is 11.8. The molecule has 0 nitrogen and oxygen atoms in total. The van der Waals surface area contributed by atoms with Gasteiger partial charge in [0.25, 0.3) is 0 Å². The number of hydrogen-bond donors (Lipinski definition) is 0. The van der Waals surface area contributed by atoms with Crippen LogP contribution in [-0.4, -0.2) is 6.18 Å². The Morgan fingerprint density at radius 1 is 1.40 bits per heavy atom. The van der Waals surface area contributed by atoms with Gasteiger partial charge in [0.1, 0.15) is 0 Å². The van der Waals surface area contributed by atoms with Crippen molar-refractivity contribution in [1.82, 2.24) is 0 Å². The molecule has 0 saturated carbocycles. The summed E-state index contributed by atoms with van der Waals surface area (Å²) >= 11 is 0. The van der Waals surface area contributed by atoms with E-state index < -0.39 is 12.1 Å². The van der Waals surface area contributed by atoms with Gasteiger partial charge < -0.3 is 0 Å². The summed E-state index contributed by atoms with van der Waals surface area (Å²) in [5, 5.41) is 0. The van der Waals surface area contributed by atoms with Gasteiger partial charge in [-0.2, -0.15) is 13.2 Å². The molecular formula is C7H12F3. The molecule has 10 heavy (non-hydrogen) atoms. The lowest BCUT2D eigenvalue weighted by atomic mass is 10.0. The van der Waals surface area contributed by atoms with Crippen molar-refractivity contribution in [3.63, 3.8) is 0 Å². The van der Waals surface area contributed by atoms with E-state index in [-0.39, 0.29) is 6.42 Å². The van der Waals surface area contributed by atoms with Crippen molar-refractivity contribution >= 4 is 0 Å². The van der Waals surface area contributed by atoms with E-state index in [4.69, 9.17) is 0 Å². The van der Waals surface area contributed by atoms with Crippen LogP contribution in [0.15, 0.2) is 0 Å². The molecular weight excluding hydrogens is 141 g/mol. The van der Waals surface area contributed by atoms with Crippen molar-refractivity contribution in [1.29, 1.82) is 0 Å². The van der Waals surface area contributed by atoms with Gasteiger partial charge >= 0.3 is 6.18 Å². The number of hydrogen-bond acceptors (Lipinski definition) is 0. The van der Waals surface area contributed by atoms with Gasteiger partial charge in [0.05, 0.1) is 5.92 Å². The summed E-state index contributed by atoms with van der Waals surface area (Å²) in [6, 6.07) is 0. The van der Waals surface area contributed by atoms with Gasteiger partial charge in [0, 0.05) is 0 Å². The first-order valence-electron chi connectivity index (χ1n) is 3.34. The van der Waals surface area contributed by atoms with Crippen LogP contribution < -0.4 is 0 Å². The zero-order valence-corrected chi connectivity index (χ0v) is 6.04. The fraction of sp³-hybridized carbons (Fsp3) is 0.857. The molecule has 0 aromatic rings. The monoisotopic (exact) mass is 153 g/mol. The van der Waals surface area contributed by atoms with Gasteiger partial charge in [-0.15, -0.1) is 0 Å². The van der Waals surface area contributed by atoms with E-state index in [0.29, 0.717) is 12.8 Å². The SMILES string of the molecule is [CH2]CCCC(C)C(F)(F)F. The van der Waals surface area contributed by atoms with E-state index in [2.05, 4.69) is 6.92 Å². The Bertz CT molecular complexity index is 85.3. The quantitative estimate of drug-likeness (QED) is 0.584. The highest BCUT2D eigenvalue weighted by Gasteiger charge is 2.34. The van der Waals surface area contributed by atoms with E-state index in [1.54, 1.807) is 0 Å². The molecule has 0 bridgehead atoms. The Morgan fingerprint density at radius 3 is 2.20 bits per heavy atom. The summed E-state index contributed by atoms with van der Waals surface area (Å²) in [6.07, 6.45) is -2.68. The molecule has 0 aliphatic heterocycles. The second-order valence-electron chi connectivity index (χ2n) is 2.44. The molecule has 0 aliphatic rings. The van der Waals surface area contributed by atoms with Crippen molar-refractivity contribution in [3.8, 4) is 0 Å². The maximum Gasteiger partial charge on any atom is 0.391 e. The van der Waals surface area contributed by atoms with E-state index >= 15 is 0 Å². The third kappa shape index (κ3) is 3.75. The van der Waals surface area contributed by atoms with Gasteiger partial charge in [0.15, 0.2) is 0 Å². The van der Waals surface area contributed by atoms with Crippen LogP contribution in [0.2, 0.25) is 0 Å². The predicted octanol–water partition coefficient (Wildman–Crippen LogP) is 3.19. The summed E-state index contributed by atoms with van der Waals surface area (Å²) in [6.45, 7) is 4.68. The second kappa shape index (κ2) is 3.84. The Kier molecular flexibility index (Phi) is 3.76. The van der Waals surface area contributed by atoms with Gasteiger partial charge in [-0.25, -0.2) is 0 Å². The average molecular weight is 153 g/mol. The number of rotatable bonds is 3. The summed E-state index contributed by atoms with van der Waals surface area (Å²) in [5.74, 6) is -1.17. The fourth-order valence-electron chi connectivity index (χ4n) is 0.614. The van der Waals surface area contributed by atoms with Gasteiger partial charge in [0.2, 0.25) is 0 Å². The third-order valence-corrected chi connectivity index (χ3v) is 1.45. The standard InChI is InChI=1S/C7H12F3/c1-3-4-5-6(2)7(8,9)10/h6H,1,3-5H2,2H3. The van der Waals surface area contributed by atoms with E-state index in [1.165, 1.54) is 6.92 Å². The van der Waals surface area contributed by atoms with Crippen molar-refractivity contribution in [3.05, 3.63) is 6.92 Å². The molecule has 0 spiro atoms. The molecule has 0 rings (SSSR count). The average Bonchev–Trinajstić information content (AvgIpc) is 1.80. The van der Waals surface area contributed by atoms with Crippen molar-refractivity contribution in [2.24, 2.45) is 5.92 Å². The van der Waals surface area contributed by atoms with E-state index in [9.17, 15) is 13.2 Å². The molecule has 0 aromatic carbocycles. The molecule has 61 valence electrons. The van der Waals surface area contributed by atoms with Crippen molar-refractivity contribution in [2.45, 2.75) is 32.4 Å². The van der Waals surface area contributed by atoms with Gasteiger partial charge in [-0.1, -0.05) is 26.7 Å². The number of halogens is 3. The molecule has 0 saturated heterocycles. The third-order valence-electron chi connectivity index (χ3n) is 1.45. The molecule has 0 N–H and O–H groups in total. The van der Waals surface area contributed by atoms with Crippen LogP contribution in [0.4, 0.5) is 13.2 Å². The Hall–Kier alpha value is -0.210. The Morgan fingerprint density at radius 2 is 1.90 bits per heavy atom. The van der Waals surface area contributed by atoms with Crippen LogP contribution in [0, 0.1) is 12.8 Å². The zero-order valence-electron chi connectivity index (χ0n) is 6.04. The van der Waals surface area contributed by atoms with Crippen molar-refractivity contribution in [2.75, 3.05) is 0 Å². The van der Waals surface area contributed by atoms with Crippen LogP contribution in [0.3, 0.4) is 0 Å². The highest BCUT2D eigenvalue weighted by atomic mass is 19.4. The summed E-state index contributed by atoms with van der Waals surface area (Å²) in [4.78, 5) is 0. The minimum atomic E-state index is -4.02. The van der Waals surface area contributed by atoms with E-state index in [0.717, 1.165) is 0 Å². The first kappa shape index (κ1) is 9.79. The highest BCUT2D eigenvalue weighted by Crippen LogP contribution is 2.29. The fourth-order valence-corrected chi connectivity index (χ4v) is 0.614. The van der Waals surface area contributed by atoms with Crippen LogP contribution in [0.5, 0.6) is 0 Å². The Balaban J connectivity index is 3.52. The van der Waals surface area contributed by atoms with Crippen LogP contribution in [0.1, 0.15) is 26.2 Å². The smallest absolute Gasteiger partial charge is 0.171 e. The maximum atomic E-state index is 11.8. The normalized spacial score (nSPS) is 15.3. The number of alkyl halides is 3. The molecule has 0 aromatic heterocycles. The zero-order chi connectivity index (χ0) is 8.20. The first-order chi connectivity index (χ1) is 4.48. The number of unbranched alkanes of at least 4 members (excludes halogenated alkanes) is 1. The molecule has 3 heteroatoms. The summed E-state index contributed by atoms with van der Waals surface area (Å²) < 4.78 is 35.3. The molecule has 1 radical (unpaired) electrons. The van der Waals surface area contributed by atoms with Gasteiger partial charge in [-0.05, 0) is 6.42 Å². The van der Waals surface area contributed by atoms with E-state index in [1.807, 2.05) is 0 Å². The summed E-state index contributed by atoms with van der Waals surface area (Å²) in [7, 11) is 0. The predicted molar refractivity (Wildman–Crippen MR) is 34.4 cm³/mol. The molecule has 0 heterocycles. The molecule has 0 amide bonds. The highest BCUT2D eigenvalue weighted by molar-refractivity contribution is 4.61. The molecule has 0 aliphatic carbocycles. The molecule has 1 atom stereocenters. The molecule has 0 fully saturated rings. The summed E-state index contributed by atoms with van der Waals surface area (Å²) in [5.41, 5.74) is 0. The van der Waals surface area contributed by atoms with Crippen LogP contribution in [-0.2, 0) is 0 Å². The lowest BCUT2D eigenvalue weighted by Gasteiger charge is -2.14. The topological polar surface area (TPSA) is 0 Å². The first-order valence-corrected chi connectivity index (χ1v) is 3.34. The minimum absolute atomic E-state index is 0.201. The van der Waals surface area contributed by atoms with Crippen LogP contribution >= 0.6 is 0 Å². The largest absolute Gasteiger partial charge is 0.391 e. The lowest BCUT2D eigenvalue weighted by Crippen LogP contribution is -2.19. The van der Waals surface area contributed by atoms with Crippen LogP contribution in [0.25, 0.3) is 0 Å². The second-order valence-corrected chi connectivity index (χ2v) is 2.44. The van der Waals surface area contributed by atoms with Crippen molar-refractivity contribution < 1.29 is 13.2 Å². The lowest BCUT2D eigenvalue weighted by molar-refractivity contribution is -0.171.